The van der Waals surface area contributed by atoms with Gasteiger partial charge in [0.15, 0.2) is 0 Å². The monoisotopic (exact) mass is 136 g/mol. The fourth-order valence-electron chi connectivity index (χ4n) is 0.508. The Bertz CT molecular complexity index is 208. The summed E-state index contributed by atoms with van der Waals surface area (Å²) in [5, 5.41) is 3.55. The number of aromatic nitrogens is 1. The van der Waals surface area contributed by atoms with Gasteiger partial charge in [0.1, 0.15) is 0 Å². The van der Waals surface area contributed by atoms with Crippen LogP contribution in [0.1, 0.15) is 6.92 Å². The lowest BCUT2D eigenvalue weighted by Crippen LogP contribution is -1.84. The van der Waals surface area contributed by atoms with Crippen molar-refractivity contribution in [2.45, 2.75) is 6.92 Å². The molecule has 0 fully saturated rings. The maximum Gasteiger partial charge on any atom is 0.248 e. The summed E-state index contributed by atoms with van der Waals surface area (Å²) >= 11 is 0. The van der Waals surface area contributed by atoms with Crippen molar-refractivity contribution in [1.29, 1.82) is 0 Å². The van der Waals surface area contributed by atoms with Gasteiger partial charge < -0.3 is 4.84 Å². The first-order valence-corrected chi connectivity index (χ1v) is 2.99. The van der Waals surface area contributed by atoms with Crippen molar-refractivity contribution in [2.24, 2.45) is 5.16 Å². The minimum Gasteiger partial charge on any atom is -0.337 e. The van der Waals surface area contributed by atoms with Crippen molar-refractivity contribution in [3.63, 3.8) is 0 Å². The molecule has 1 heterocycles. The Kier molecular flexibility index (Phi) is 2.43. The van der Waals surface area contributed by atoms with Gasteiger partial charge in [0.05, 0.1) is 0 Å². The van der Waals surface area contributed by atoms with Crippen molar-refractivity contribution in [3.05, 3.63) is 24.4 Å². The summed E-state index contributed by atoms with van der Waals surface area (Å²) in [5.41, 5.74) is 0. The molecule has 3 heteroatoms. The first-order valence-electron chi connectivity index (χ1n) is 2.99. The molecule has 0 saturated heterocycles. The van der Waals surface area contributed by atoms with Gasteiger partial charge in [-0.05, 0) is 13.0 Å². The van der Waals surface area contributed by atoms with E-state index < -0.39 is 0 Å². The smallest absolute Gasteiger partial charge is 0.248 e. The predicted molar refractivity (Wildman–Crippen MR) is 39.0 cm³/mol. The number of nitrogens with zero attached hydrogens (tertiary/aromatic N) is 2. The molecule has 0 spiro atoms. The molecule has 0 N–H and O–H groups in total. The average Bonchev–Trinajstić information content (AvgIpc) is 2.03. The molecule has 0 aromatic carbocycles. The number of pyridine rings is 1. The normalized spacial score (nSPS) is 10.1. The second-order valence-electron chi connectivity index (χ2n) is 1.62. The van der Waals surface area contributed by atoms with Gasteiger partial charge in [-0.15, -0.1) is 0 Å². The summed E-state index contributed by atoms with van der Waals surface area (Å²) in [6, 6.07) is 5.41. The van der Waals surface area contributed by atoms with Crippen molar-refractivity contribution < 1.29 is 4.84 Å². The van der Waals surface area contributed by atoms with Crippen LogP contribution < -0.4 is 4.84 Å². The Morgan fingerprint density at radius 2 is 2.50 bits per heavy atom. The van der Waals surface area contributed by atoms with E-state index in [2.05, 4.69) is 10.1 Å². The van der Waals surface area contributed by atoms with E-state index in [1.807, 2.05) is 12.1 Å². The molecule has 0 amide bonds. The van der Waals surface area contributed by atoms with Crippen LogP contribution >= 0.6 is 0 Å². The Morgan fingerprint density at radius 3 is 3.10 bits per heavy atom. The van der Waals surface area contributed by atoms with Crippen LogP contribution in [0.2, 0.25) is 0 Å². The summed E-state index contributed by atoms with van der Waals surface area (Å²) in [7, 11) is 0. The van der Waals surface area contributed by atoms with Crippen molar-refractivity contribution in [3.8, 4) is 5.88 Å². The molecule has 0 aliphatic carbocycles. The zero-order valence-electron chi connectivity index (χ0n) is 5.69. The minimum absolute atomic E-state index is 0.514. The van der Waals surface area contributed by atoms with Gasteiger partial charge >= 0.3 is 0 Å². The van der Waals surface area contributed by atoms with Crippen LogP contribution in [0.15, 0.2) is 29.6 Å². The topological polar surface area (TPSA) is 34.5 Å². The second kappa shape index (κ2) is 3.61. The molecule has 0 radical (unpaired) electrons. The van der Waals surface area contributed by atoms with Crippen LogP contribution in [-0.2, 0) is 0 Å². The number of hydrogen-bond donors (Lipinski definition) is 0. The highest BCUT2D eigenvalue weighted by molar-refractivity contribution is 5.52. The van der Waals surface area contributed by atoms with E-state index in [0.717, 1.165) is 0 Å². The Morgan fingerprint density at radius 1 is 1.60 bits per heavy atom. The highest BCUT2D eigenvalue weighted by atomic mass is 16.6. The third kappa shape index (κ3) is 1.85. The van der Waals surface area contributed by atoms with Gasteiger partial charge in [0, 0.05) is 18.5 Å². The SMILES string of the molecule is CC=NOc1ccccn1. The van der Waals surface area contributed by atoms with Crippen LogP contribution in [0, 0.1) is 0 Å². The predicted octanol–water partition coefficient (Wildman–Crippen LogP) is 1.47. The molecule has 10 heavy (non-hydrogen) atoms. The summed E-state index contributed by atoms with van der Waals surface area (Å²) in [5.74, 6) is 0.514. The summed E-state index contributed by atoms with van der Waals surface area (Å²) in [4.78, 5) is 8.69. The number of hydrogen-bond acceptors (Lipinski definition) is 3. The average molecular weight is 136 g/mol. The lowest BCUT2D eigenvalue weighted by molar-refractivity contribution is 0.329. The molecule has 0 aliphatic heterocycles. The molecular weight excluding hydrogens is 128 g/mol. The fraction of sp³-hybridized carbons (Fsp3) is 0.143. The lowest BCUT2D eigenvalue weighted by Gasteiger charge is -1.92. The van der Waals surface area contributed by atoms with Crippen LogP contribution in [0.25, 0.3) is 0 Å². The Balaban J connectivity index is 2.59. The first-order chi connectivity index (χ1) is 4.93. The summed E-state index contributed by atoms with van der Waals surface area (Å²) in [6.45, 7) is 1.78. The van der Waals surface area contributed by atoms with Gasteiger partial charge in [0.25, 0.3) is 0 Å². The van der Waals surface area contributed by atoms with E-state index >= 15 is 0 Å². The molecule has 0 saturated carbocycles. The Labute approximate surface area is 59.3 Å². The van der Waals surface area contributed by atoms with Crippen LogP contribution in [0.4, 0.5) is 0 Å². The van der Waals surface area contributed by atoms with Gasteiger partial charge in [-0.3, -0.25) is 0 Å². The molecule has 1 aromatic rings. The molecule has 0 atom stereocenters. The molecule has 0 bridgehead atoms. The zero-order chi connectivity index (χ0) is 7.23. The maximum atomic E-state index is 4.81. The van der Waals surface area contributed by atoms with Crippen molar-refractivity contribution in [2.75, 3.05) is 0 Å². The summed E-state index contributed by atoms with van der Waals surface area (Å²) < 4.78 is 0. The van der Waals surface area contributed by atoms with E-state index in [4.69, 9.17) is 4.84 Å². The molecule has 1 aromatic heterocycles. The van der Waals surface area contributed by atoms with Gasteiger partial charge in [-0.25, -0.2) is 4.98 Å². The van der Waals surface area contributed by atoms with E-state index in [-0.39, 0.29) is 0 Å². The van der Waals surface area contributed by atoms with Crippen molar-refractivity contribution >= 4 is 6.21 Å². The third-order valence-electron chi connectivity index (χ3n) is 0.889. The van der Waals surface area contributed by atoms with E-state index in [1.54, 1.807) is 25.4 Å². The highest BCUT2D eigenvalue weighted by Crippen LogP contribution is 2.02. The van der Waals surface area contributed by atoms with Gasteiger partial charge in [0.2, 0.25) is 5.88 Å². The fourth-order valence-corrected chi connectivity index (χ4v) is 0.508. The second-order valence-corrected chi connectivity index (χ2v) is 1.62. The van der Waals surface area contributed by atoms with Crippen LogP contribution in [0.5, 0.6) is 5.88 Å². The zero-order valence-corrected chi connectivity index (χ0v) is 5.69. The highest BCUT2D eigenvalue weighted by Gasteiger charge is 1.86. The quantitative estimate of drug-likeness (QED) is 0.455. The number of rotatable bonds is 2. The van der Waals surface area contributed by atoms with Crippen LogP contribution in [-0.4, -0.2) is 11.2 Å². The molecule has 0 aliphatic rings. The lowest BCUT2D eigenvalue weighted by atomic mass is 10.5. The minimum atomic E-state index is 0.514. The number of oxime groups is 1. The molecule has 52 valence electrons. The van der Waals surface area contributed by atoms with E-state index in [0.29, 0.717) is 5.88 Å². The van der Waals surface area contributed by atoms with Crippen LogP contribution in [0.3, 0.4) is 0 Å². The van der Waals surface area contributed by atoms with Crippen molar-refractivity contribution in [1.82, 2.24) is 4.98 Å². The molecule has 0 unspecified atom stereocenters. The van der Waals surface area contributed by atoms with E-state index in [1.165, 1.54) is 0 Å². The maximum absolute atomic E-state index is 4.81. The van der Waals surface area contributed by atoms with E-state index in [9.17, 15) is 0 Å². The van der Waals surface area contributed by atoms with Gasteiger partial charge in [-0.2, -0.15) is 0 Å². The largest absolute Gasteiger partial charge is 0.337 e. The summed E-state index contributed by atoms with van der Waals surface area (Å²) in [6.07, 6.45) is 3.22. The standard InChI is InChI=1S/C7H8N2O/c1-2-9-10-7-5-3-4-6-8-7/h2-6H,1H3. The van der Waals surface area contributed by atoms with Gasteiger partial charge in [-0.1, -0.05) is 11.2 Å². The molecule has 3 nitrogen and oxygen atoms in total. The first kappa shape index (κ1) is 6.74. The molecular formula is C7H8N2O. The third-order valence-corrected chi connectivity index (χ3v) is 0.889. The molecule has 1 rings (SSSR count). The Hall–Kier alpha value is -1.38.